The normalized spacial score (nSPS) is 11.6. The van der Waals surface area contributed by atoms with Crippen LogP contribution in [0.1, 0.15) is 233 Å². The molecule has 0 amide bonds. The number of carbonyl (C=O) groups is 1. The summed E-state index contributed by atoms with van der Waals surface area (Å²) in [6.45, 7) is 14.9. The molecule has 5 nitrogen and oxygen atoms in total. The van der Waals surface area contributed by atoms with Crippen LogP contribution in [0.25, 0.3) is 0 Å². The van der Waals surface area contributed by atoms with Crippen LogP contribution in [-0.4, -0.2) is 54.9 Å². The minimum absolute atomic E-state index is 0.0261. The second-order valence-corrected chi connectivity index (χ2v) is 15.3. The smallest absolute Gasteiger partial charge is 0.306 e. The summed E-state index contributed by atoms with van der Waals surface area (Å²) < 4.78 is 11.9. The Morgan fingerprint density at radius 1 is 0.520 bits per heavy atom. The number of aliphatic hydroxyl groups excluding tert-OH is 1. The maximum absolute atomic E-state index is 12.7. The molecule has 0 spiro atoms. The van der Waals surface area contributed by atoms with Crippen molar-refractivity contribution >= 4 is 5.97 Å². The van der Waals surface area contributed by atoms with E-state index in [4.69, 9.17) is 9.47 Å². The van der Waals surface area contributed by atoms with Crippen LogP contribution in [0.5, 0.6) is 0 Å². The van der Waals surface area contributed by atoms with E-state index < -0.39 is 0 Å². The molecule has 0 aromatic carbocycles. The fraction of sp³-hybridized carbons (Fsp3) is 0.933. The molecule has 0 aromatic rings. The lowest BCUT2D eigenvalue weighted by molar-refractivity contribution is -0.150. The van der Waals surface area contributed by atoms with E-state index >= 15 is 0 Å². The zero-order chi connectivity index (χ0) is 36.6. The van der Waals surface area contributed by atoms with Gasteiger partial charge in [-0.15, -0.1) is 0 Å². The summed E-state index contributed by atoms with van der Waals surface area (Å²) in [5.41, 5.74) is 0. The van der Waals surface area contributed by atoms with Gasteiger partial charge in [-0.2, -0.15) is 0 Å². The highest BCUT2D eigenvalue weighted by Crippen LogP contribution is 2.19. The first-order valence-corrected chi connectivity index (χ1v) is 22.4. The molecule has 0 aromatic heterocycles. The lowest BCUT2D eigenvalue weighted by Crippen LogP contribution is -2.29. The summed E-state index contributed by atoms with van der Waals surface area (Å²) in [6.07, 6.45) is 40.2. The van der Waals surface area contributed by atoms with Gasteiger partial charge < -0.3 is 19.5 Å². The van der Waals surface area contributed by atoms with E-state index in [2.05, 4.69) is 32.3 Å². The maximum Gasteiger partial charge on any atom is 0.306 e. The molecule has 0 heterocycles. The van der Waals surface area contributed by atoms with Crippen LogP contribution in [0.2, 0.25) is 0 Å². The number of rotatable bonds is 42. The predicted octanol–water partition coefficient (Wildman–Crippen LogP) is 13.7. The van der Waals surface area contributed by atoms with Crippen molar-refractivity contribution in [3.63, 3.8) is 0 Å². The predicted molar refractivity (Wildman–Crippen MR) is 218 cm³/mol. The summed E-state index contributed by atoms with van der Waals surface area (Å²) in [5, 5.41) is 9.56. The third-order valence-corrected chi connectivity index (χ3v) is 10.3. The van der Waals surface area contributed by atoms with Gasteiger partial charge in [-0.1, -0.05) is 169 Å². The van der Waals surface area contributed by atoms with E-state index in [9.17, 15) is 9.90 Å². The quantitative estimate of drug-likeness (QED) is 0.0389. The van der Waals surface area contributed by atoms with E-state index in [1.165, 1.54) is 167 Å². The molecule has 0 unspecified atom stereocenters. The minimum Gasteiger partial charge on any atom is -0.499 e. The number of allylic oxidation sites excluding steroid dienone is 1. The Labute approximate surface area is 313 Å². The molecule has 0 aliphatic heterocycles. The van der Waals surface area contributed by atoms with Crippen molar-refractivity contribution in [2.24, 2.45) is 0 Å². The Morgan fingerprint density at radius 2 is 0.920 bits per heavy atom. The first-order valence-electron chi connectivity index (χ1n) is 22.4. The van der Waals surface area contributed by atoms with E-state index in [0.29, 0.717) is 6.42 Å². The molecule has 298 valence electrons. The summed E-state index contributed by atoms with van der Waals surface area (Å²) >= 11 is 0. The van der Waals surface area contributed by atoms with Gasteiger partial charge in [-0.3, -0.25) is 4.79 Å². The van der Waals surface area contributed by atoms with Gasteiger partial charge in [0.2, 0.25) is 0 Å². The monoisotopic (exact) mass is 708 g/mol. The van der Waals surface area contributed by atoms with Crippen LogP contribution < -0.4 is 0 Å². The zero-order valence-electron chi connectivity index (χ0n) is 34.3. The van der Waals surface area contributed by atoms with E-state index in [1.807, 2.05) is 0 Å². The van der Waals surface area contributed by atoms with Gasteiger partial charge in [0, 0.05) is 19.4 Å². The van der Waals surface area contributed by atoms with Crippen LogP contribution in [-0.2, 0) is 14.3 Å². The summed E-state index contributed by atoms with van der Waals surface area (Å²) in [6, 6.07) is 0. The van der Waals surface area contributed by atoms with Crippen LogP contribution in [0, 0.1) is 0 Å². The van der Waals surface area contributed by atoms with E-state index in [-0.39, 0.29) is 18.7 Å². The number of aliphatic hydroxyl groups is 1. The molecule has 50 heavy (non-hydrogen) atoms. The molecule has 5 heteroatoms. The van der Waals surface area contributed by atoms with Crippen LogP contribution in [0.4, 0.5) is 0 Å². The average molecular weight is 708 g/mol. The number of hydrogen-bond donors (Lipinski definition) is 1. The lowest BCUT2D eigenvalue weighted by atomic mass is 10.0. The molecule has 0 rings (SSSR count). The van der Waals surface area contributed by atoms with Crippen molar-refractivity contribution < 1.29 is 19.4 Å². The Hall–Kier alpha value is -1.07. The Bertz CT molecular complexity index is 683. The second kappa shape index (κ2) is 40.7. The number of esters is 1. The molecule has 0 atom stereocenters. The van der Waals surface area contributed by atoms with Gasteiger partial charge in [0.25, 0.3) is 0 Å². The van der Waals surface area contributed by atoms with Crippen LogP contribution >= 0.6 is 0 Å². The fourth-order valence-corrected chi connectivity index (χ4v) is 6.96. The largest absolute Gasteiger partial charge is 0.499 e. The molecule has 0 aliphatic rings. The van der Waals surface area contributed by atoms with Crippen LogP contribution in [0.15, 0.2) is 12.3 Å². The molecule has 0 saturated heterocycles. The summed E-state index contributed by atoms with van der Waals surface area (Å²) in [7, 11) is 0. The summed E-state index contributed by atoms with van der Waals surface area (Å²) in [4.78, 5) is 15.1. The van der Waals surface area contributed by atoms with E-state index in [1.54, 1.807) is 0 Å². The summed E-state index contributed by atoms with van der Waals surface area (Å²) in [5.74, 6) is 0.995. The molecule has 0 fully saturated rings. The zero-order valence-corrected chi connectivity index (χ0v) is 34.3. The lowest BCUT2D eigenvalue weighted by Gasteiger charge is -2.21. The average Bonchev–Trinajstić information content (AvgIpc) is 3.11. The number of hydrogen-bond acceptors (Lipinski definition) is 5. The van der Waals surface area contributed by atoms with Crippen molar-refractivity contribution in [3.05, 3.63) is 12.3 Å². The molecular weight excluding hydrogens is 618 g/mol. The number of carbonyl (C=O) groups excluding carboxylic acids is 1. The highest BCUT2D eigenvalue weighted by atomic mass is 16.5. The van der Waals surface area contributed by atoms with Gasteiger partial charge in [0.15, 0.2) is 0 Å². The molecule has 0 bridgehead atoms. The first kappa shape index (κ1) is 48.9. The van der Waals surface area contributed by atoms with Crippen molar-refractivity contribution in [1.82, 2.24) is 4.90 Å². The molecular formula is C45H89NO4. The first-order chi connectivity index (χ1) is 24.6. The third-order valence-electron chi connectivity index (χ3n) is 10.3. The fourth-order valence-electron chi connectivity index (χ4n) is 6.96. The van der Waals surface area contributed by atoms with Gasteiger partial charge >= 0.3 is 5.97 Å². The number of nitrogens with zero attached hydrogens (tertiary/aromatic N) is 1. The van der Waals surface area contributed by atoms with Crippen LogP contribution in [0.3, 0.4) is 0 Å². The molecule has 0 radical (unpaired) electrons. The second-order valence-electron chi connectivity index (χ2n) is 15.3. The van der Waals surface area contributed by atoms with Gasteiger partial charge in [0.05, 0.1) is 19.0 Å². The van der Waals surface area contributed by atoms with Crippen molar-refractivity contribution in [2.75, 3.05) is 32.8 Å². The third kappa shape index (κ3) is 36.7. The van der Waals surface area contributed by atoms with Crippen molar-refractivity contribution in [1.29, 1.82) is 0 Å². The molecule has 0 aliphatic carbocycles. The van der Waals surface area contributed by atoms with Gasteiger partial charge in [0.1, 0.15) is 6.10 Å². The highest BCUT2D eigenvalue weighted by Gasteiger charge is 2.14. The molecule has 1 N–H and O–H groups in total. The number of ether oxygens (including phenoxy) is 2. The van der Waals surface area contributed by atoms with Gasteiger partial charge in [-0.25, -0.2) is 0 Å². The van der Waals surface area contributed by atoms with Crippen molar-refractivity contribution in [2.45, 2.75) is 239 Å². The standard InChI is InChI=1S/C45H89NO4/c1-5-8-11-14-17-26-33-42-49-43(4)34-27-20-18-24-31-38-46(40-41-47)39-32-25-19-23-30-37-45(48)50-44(35-28-21-15-12-9-6-2)36-29-22-16-13-10-7-3/h44,47H,4-42H2,1-3H3. The Morgan fingerprint density at radius 3 is 1.40 bits per heavy atom. The Kier molecular flexibility index (Phi) is 39.8. The molecule has 0 saturated carbocycles. The SMILES string of the molecule is C=C(CCCCCCCN(CCO)CCCCCCCC(=O)OC(CCCCCCCC)CCCCCCCC)OCCCCCCCCC. The topological polar surface area (TPSA) is 59.0 Å². The highest BCUT2D eigenvalue weighted by molar-refractivity contribution is 5.69. The maximum atomic E-state index is 12.7. The van der Waals surface area contributed by atoms with E-state index in [0.717, 1.165) is 70.5 Å². The number of unbranched alkanes of at least 4 members (excludes halogenated alkanes) is 24. The van der Waals surface area contributed by atoms with Crippen molar-refractivity contribution in [3.8, 4) is 0 Å². The van der Waals surface area contributed by atoms with Gasteiger partial charge in [-0.05, 0) is 70.9 Å². The minimum atomic E-state index is 0.0261. The Balaban J connectivity index is 3.94.